The van der Waals surface area contributed by atoms with E-state index >= 15 is 0 Å². The normalized spacial score (nSPS) is 11.7. The molecule has 0 aliphatic rings. The molecular weight excluding hydrogens is 238 g/mol. The van der Waals surface area contributed by atoms with Gasteiger partial charge < -0.3 is 14.9 Å². The van der Waals surface area contributed by atoms with E-state index in [1.165, 1.54) is 10.7 Å². The molecule has 0 aliphatic carbocycles. The summed E-state index contributed by atoms with van der Waals surface area (Å²) in [6, 6.07) is 3.17. The van der Waals surface area contributed by atoms with Crippen molar-refractivity contribution in [3.8, 4) is 5.75 Å². The molecular formula is C11H13N3O4. The summed E-state index contributed by atoms with van der Waals surface area (Å²) < 4.78 is 6.68. The highest BCUT2D eigenvalue weighted by atomic mass is 16.5. The molecule has 2 N–H and O–H groups in total. The molecule has 18 heavy (non-hydrogen) atoms. The van der Waals surface area contributed by atoms with Crippen molar-refractivity contribution < 1.29 is 19.7 Å². The van der Waals surface area contributed by atoms with Gasteiger partial charge >= 0.3 is 5.97 Å². The number of carbonyl (C=O) groups is 1. The van der Waals surface area contributed by atoms with Crippen LogP contribution in [0.2, 0.25) is 0 Å². The number of aromatic nitrogens is 3. The third kappa shape index (κ3) is 2.57. The van der Waals surface area contributed by atoms with Gasteiger partial charge in [0, 0.05) is 0 Å². The topological polar surface area (TPSA) is 97.0 Å². The van der Waals surface area contributed by atoms with Crippen molar-refractivity contribution in [1.29, 1.82) is 0 Å². The van der Waals surface area contributed by atoms with Gasteiger partial charge in [-0.15, -0.1) is 5.10 Å². The molecule has 7 nitrogen and oxygen atoms in total. The van der Waals surface area contributed by atoms with Crippen LogP contribution in [0.3, 0.4) is 0 Å². The summed E-state index contributed by atoms with van der Waals surface area (Å²) in [5.74, 6) is -0.651. The van der Waals surface area contributed by atoms with Crippen LogP contribution in [0.4, 0.5) is 0 Å². The molecule has 0 unspecified atom stereocenters. The first-order valence-corrected chi connectivity index (χ1v) is 5.30. The largest absolute Gasteiger partial charge is 0.489 e. The summed E-state index contributed by atoms with van der Waals surface area (Å²) in [6.07, 6.45) is 1.51. The van der Waals surface area contributed by atoms with Crippen molar-refractivity contribution in [2.75, 3.05) is 6.61 Å². The lowest BCUT2D eigenvalue weighted by Crippen LogP contribution is -2.27. The van der Waals surface area contributed by atoms with Gasteiger partial charge in [0.25, 0.3) is 0 Å². The minimum atomic E-state index is -1.13. The fourth-order valence-electron chi connectivity index (χ4n) is 1.37. The lowest BCUT2D eigenvalue weighted by molar-refractivity contribution is 0.0283. The Balaban J connectivity index is 2.26. The van der Waals surface area contributed by atoms with Crippen molar-refractivity contribution in [3.05, 3.63) is 24.0 Å². The number of carboxylic acids is 1. The summed E-state index contributed by atoms with van der Waals surface area (Å²) in [5, 5.41) is 25.6. The minimum absolute atomic E-state index is 0.107. The van der Waals surface area contributed by atoms with E-state index in [-0.39, 0.29) is 12.3 Å². The van der Waals surface area contributed by atoms with Gasteiger partial charge in [0.2, 0.25) is 0 Å². The van der Waals surface area contributed by atoms with Crippen LogP contribution in [-0.2, 0) is 0 Å². The molecule has 0 amide bonds. The number of rotatable bonds is 4. The molecule has 2 heterocycles. The van der Waals surface area contributed by atoms with E-state index in [1.807, 2.05) is 0 Å². The van der Waals surface area contributed by atoms with Crippen LogP contribution in [-0.4, -0.2) is 43.2 Å². The van der Waals surface area contributed by atoms with Gasteiger partial charge in [0.05, 0.1) is 11.8 Å². The van der Waals surface area contributed by atoms with E-state index < -0.39 is 11.6 Å². The van der Waals surface area contributed by atoms with E-state index in [1.54, 1.807) is 26.0 Å². The van der Waals surface area contributed by atoms with Crippen LogP contribution in [0.5, 0.6) is 5.75 Å². The molecule has 2 rings (SSSR count). The van der Waals surface area contributed by atoms with Gasteiger partial charge in [-0.25, -0.2) is 9.31 Å². The van der Waals surface area contributed by atoms with Crippen molar-refractivity contribution in [3.63, 3.8) is 0 Å². The average Bonchev–Trinajstić information content (AvgIpc) is 2.68. The summed E-state index contributed by atoms with van der Waals surface area (Å²) in [7, 11) is 0. The van der Waals surface area contributed by atoms with Crippen LogP contribution >= 0.6 is 0 Å². The van der Waals surface area contributed by atoms with Crippen LogP contribution in [0.25, 0.3) is 5.52 Å². The molecule has 0 fully saturated rings. The Labute approximate surface area is 103 Å². The number of carboxylic acid groups (broad SMARTS) is 1. The van der Waals surface area contributed by atoms with E-state index in [0.717, 1.165) is 0 Å². The lowest BCUT2D eigenvalue weighted by Gasteiger charge is -2.17. The molecule has 2 aromatic heterocycles. The second kappa shape index (κ2) is 4.26. The van der Waals surface area contributed by atoms with Gasteiger partial charge in [-0.3, -0.25) is 0 Å². The van der Waals surface area contributed by atoms with Crippen LogP contribution < -0.4 is 4.74 Å². The Morgan fingerprint density at radius 1 is 1.50 bits per heavy atom. The Kier molecular flexibility index (Phi) is 2.92. The third-order valence-corrected chi connectivity index (χ3v) is 2.18. The van der Waals surface area contributed by atoms with Crippen molar-refractivity contribution in [2.45, 2.75) is 19.4 Å². The molecule has 0 saturated carbocycles. The quantitative estimate of drug-likeness (QED) is 0.824. The number of aliphatic hydroxyl groups is 1. The Hall–Kier alpha value is -2.15. The third-order valence-electron chi connectivity index (χ3n) is 2.18. The Bertz CT molecular complexity index is 585. The fourth-order valence-corrected chi connectivity index (χ4v) is 1.37. The highest BCUT2D eigenvalue weighted by Gasteiger charge is 2.15. The summed E-state index contributed by atoms with van der Waals surface area (Å²) in [6.45, 7) is 3.38. The molecule has 0 saturated heterocycles. The van der Waals surface area contributed by atoms with E-state index in [4.69, 9.17) is 9.84 Å². The monoisotopic (exact) mass is 251 g/mol. The minimum Gasteiger partial charge on any atom is -0.489 e. The first-order valence-electron chi connectivity index (χ1n) is 5.30. The van der Waals surface area contributed by atoms with Crippen molar-refractivity contribution in [1.82, 2.24) is 14.8 Å². The molecule has 2 aromatic rings. The Morgan fingerprint density at radius 2 is 2.22 bits per heavy atom. The molecule has 0 atom stereocenters. The second-order valence-corrected chi connectivity index (χ2v) is 4.54. The van der Waals surface area contributed by atoms with Crippen molar-refractivity contribution >= 4 is 11.5 Å². The number of aromatic carboxylic acids is 1. The SMILES string of the molecule is CC(C)(O)COc1ccc2c(C(=O)O)nnn2c1. The molecule has 7 heteroatoms. The first kappa shape index (κ1) is 12.3. The van der Waals surface area contributed by atoms with E-state index in [0.29, 0.717) is 11.3 Å². The van der Waals surface area contributed by atoms with E-state index in [2.05, 4.69) is 10.3 Å². The Morgan fingerprint density at radius 3 is 2.83 bits per heavy atom. The zero-order valence-corrected chi connectivity index (χ0v) is 9.99. The van der Waals surface area contributed by atoms with Gasteiger partial charge in [0.1, 0.15) is 17.9 Å². The predicted octanol–water partition coefficient (Wildman–Crippen LogP) is 0.577. The van der Waals surface area contributed by atoms with Gasteiger partial charge in [-0.05, 0) is 26.0 Å². The highest BCUT2D eigenvalue weighted by Crippen LogP contribution is 2.16. The molecule has 96 valence electrons. The number of nitrogens with zero attached hydrogens (tertiary/aromatic N) is 3. The fraction of sp³-hybridized carbons (Fsp3) is 0.364. The number of hydrogen-bond donors (Lipinski definition) is 2. The van der Waals surface area contributed by atoms with Gasteiger partial charge in [0.15, 0.2) is 5.69 Å². The second-order valence-electron chi connectivity index (χ2n) is 4.54. The van der Waals surface area contributed by atoms with E-state index in [9.17, 15) is 9.90 Å². The zero-order chi connectivity index (χ0) is 13.3. The molecule has 0 spiro atoms. The summed E-state index contributed by atoms with van der Waals surface area (Å²) in [5.41, 5.74) is -0.661. The first-order chi connectivity index (χ1) is 8.37. The molecule has 0 radical (unpaired) electrons. The average molecular weight is 251 g/mol. The number of pyridine rings is 1. The predicted molar refractivity (Wildman–Crippen MR) is 61.7 cm³/mol. The number of hydrogen-bond acceptors (Lipinski definition) is 5. The maximum Gasteiger partial charge on any atom is 0.358 e. The molecule has 0 aliphatic heterocycles. The molecule has 0 bridgehead atoms. The summed E-state index contributed by atoms with van der Waals surface area (Å²) in [4.78, 5) is 10.8. The number of ether oxygens (including phenoxy) is 1. The van der Waals surface area contributed by atoms with Crippen molar-refractivity contribution in [2.24, 2.45) is 0 Å². The van der Waals surface area contributed by atoms with Crippen LogP contribution in [0.15, 0.2) is 18.3 Å². The number of fused-ring (bicyclic) bond motifs is 1. The lowest BCUT2D eigenvalue weighted by atomic mass is 10.2. The standard InChI is InChI=1S/C11H13N3O4/c1-11(2,17)6-18-7-3-4-8-9(10(15)16)12-13-14(8)5-7/h3-5,17H,6H2,1-2H3,(H,15,16). The maximum atomic E-state index is 10.8. The maximum absolute atomic E-state index is 10.8. The summed E-state index contributed by atoms with van der Waals surface area (Å²) >= 11 is 0. The van der Waals surface area contributed by atoms with Crippen LogP contribution in [0, 0.1) is 0 Å². The zero-order valence-electron chi connectivity index (χ0n) is 9.99. The van der Waals surface area contributed by atoms with Gasteiger partial charge in [-0.1, -0.05) is 5.21 Å². The molecule has 0 aromatic carbocycles. The van der Waals surface area contributed by atoms with Crippen LogP contribution in [0.1, 0.15) is 24.3 Å². The smallest absolute Gasteiger partial charge is 0.358 e. The highest BCUT2D eigenvalue weighted by molar-refractivity contribution is 5.93. The van der Waals surface area contributed by atoms with Gasteiger partial charge in [-0.2, -0.15) is 0 Å².